The van der Waals surface area contributed by atoms with E-state index in [-0.39, 0.29) is 24.2 Å². The van der Waals surface area contributed by atoms with Gasteiger partial charge in [-0.05, 0) is 13.8 Å². The number of nitrogens with zero attached hydrogens (tertiary/aromatic N) is 4. The molecule has 1 rings (SSSR count). The number of carbonyl (C=O) groups excluding carboxylic acids is 1. The molecule has 0 spiro atoms. The molecule has 1 aromatic heterocycles. The van der Waals surface area contributed by atoms with Crippen LogP contribution >= 0.6 is 0 Å². The lowest BCUT2D eigenvalue weighted by molar-refractivity contribution is -0.139. The van der Waals surface area contributed by atoms with Crippen molar-refractivity contribution >= 4 is 11.8 Å². The van der Waals surface area contributed by atoms with Crippen molar-refractivity contribution in [2.24, 2.45) is 0 Å². The van der Waals surface area contributed by atoms with Crippen molar-refractivity contribution in [1.29, 1.82) is 5.26 Å². The van der Waals surface area contributed by atoms with E-state index in [2.05, 4.69) is 14.7 Å². The lowest BCUT2D eigenvalue weighted by atomic mass is 10.3. The molecule has 6 nitrogen and oxygen atoms in total. The van der Waals surface area contributed by atoms with E-state index < -0.39 is 0 Å². The molecular weight excluding hydrogens is 220 g/mol. The Morgan fingerprint density at radius 2 is 2.18 bits per heavy atom. The molecule has 0 aliphatic carbocycles. The highest BCUT2D eigenvalue weighted by atomic mass is 16.5. The Morgan fingerprint density at radius 3 is 2.71 bits per heavy atom. The fourth-order valence-electron chi connectivity index (χ4n) is 1.33. The Kier molecular flexibility index (Phi) is 4.40. The fourth-order valence-corrected chi connectivity index (χ4v) is 1.33. The molecule has 0 aliphatic heterocycles. The monoisotopic (exact) mass is 234 g/mol. The Morgan fingerprint density at radius 1 is 1.53 bits per heavy atom. The highest BCUT2D eigenvalue weighted by Crippen LogP contribution is 2.16. The fraction of sp³-hybridized carbons (Fsp3) is 0.455. The highest BCUT2D eigenvalue weighted by Gasteiger charge is 2.19. The van der Waals surface area contributed by atoms with E-state index >= 15 is 0 Å². The quantitative estimate of drug-likeness (QED) is 0.715. The molecule has 0 bridgehead atoms. The molecular formula is C11H14N4O2. The van der Waals surface area contributed by atoms with Crippen LogP contribution in [0.15, 0.2) is 12.4 Å². The maximum atomic E-state index is 11.3. The van der Waals surface area contributed by atoms with Gasteiger partial charge in [-0.3, -0.25) is 4.79 Å². The first kappa shape index (κ1) is 12.9. The molecule has 1 aromatic rings. The van der Waals surface area contributed by atoms with E-state index in [4.69, 9.17) is 5.26 Å². The average molecular weight is 234 g/mol. The lowest BCUT2D eigenvalue weighted by Crippen LogP contribution is -2.37. The number of esters is 1. The van der Waals surface area contributed by atoms with E-state index in [1.165, 1.54) is 19.5 Å². The molecule has 0 amide bonds. The van der Waals surface area contributed by atoms with Gasteiger partial charge in [0.05, 0.1) is 7.11 Å². The molecule has 1 heterocycles. The van der Waals surface area contributed by atoms with Crippen LogP contribution in [0.2, 0.25) is 0 Å². The summed E-state index contributed by atoms with van der Waals surface area (Å²) in [4.78, 5) is 21.0. The summed E-state index contributed by atoms with van der Waals surface area (Å²) in [7, 11) is 1.32. The van der Waals surface area contributed by atoms with Gasteiger partial charge in [-0.1, -0.05) is 0 Å². The van der Waals surface area contributed by atoms with Crippen LogP contribution in [-0.4, -0.2) is 35.6 Å². The summed E-state index contributed by atoms with van der Waals surface area (Å²) < 4.78 is 4.61. The first-order chi connectivity index (χ1) is 8.10. The number of hydrogen-bond acceptors (Lipinski definition) is 6. The Balaban J connectivity index is 3.06. The van der Waals surface area contributed by atoms with Crippen LogP contribution in [0.1, 0.15) is 19.5 Å². The van der Waals surface area contributed by atoms with E-state index in [1.54, 1.807) is 4.90 Å². The van der Waals surface area contributed by atoms with Crippen LogP contribution in [0.4, 0.5) is 5.82 Å². The first-order valence-electron chi connectivity index (χ1n) is 5.14. The standard InChI is InChI=1S/C11H14N4O2/c1-8(2)15(7-10(16)17-3)11-9(6-12)13-4-5-14-11/h4-5,8H,7H2,1-3H3. The average Bonchev–Trinajstić information content (AvgIpc) is 2.35. The van der Waals surface area contributed by atoms with Crippen molar-refractivity contribution in [1.82, 2.24) is 9.97 Å². The topological polar surface area (TPSA) is 79.1 Å². The summed E-state index contributed by atoms with van der Waals surface area (Å²) in [6.45, 7) is 3.85. The Hall–Kier alpha value is -2.16. The number of methoxy groups -OCH3 is 1. The molecule has 0 atom stereocenters. The number of ether oxygens (including phenoxy) is 1. The Labute approximate surface area is 99.9 Å². The molecule has 0 radical (unpaired) electrons. The van der Waals surface area contributed by atoms with Crippen molar-refractivity contribution in [3.63, 3.8) is 0 Å². The highest BCUT2D eigenvalue weighted by molar-refractivity contribution is 5.75. The van der Waals surface area contributed by atoms with Crippen LogP contribution in [0.3, 0.4) is 0 Å². The number of anilines is 1. The van der Waals surface area contributed by atoms with E-state index in [9.17, 15) is 4.79 Å². The molecule has 0 saturated carbocycles. The van der Waals surface area contributed by atoms with Crippen LogP contribution in [0.5, 0.6) is 0 Å². The van der Waals surface area contributed by atoms with Crippen molar-refractivity contribution in [3.8, 4) is 6.07 Å². The number of nitriles is 1. The normalized spacial score (nSPS) is 9.82. The molecule has 90 valence electrons. The summed E-state index contributed by atoms with van der Waals surface area (Å²) in [5.74, 6) is 0.0173. The zero-order valence-electron chi connectivity index (χ0n) is 10.0. The van der Waals surface area contributed by atoms with Gasteiger partial charge in [0.15, 0.2) is 11.5 Å². The van der Waals surface area contributed by atoms with Gasteiger partial charge in [0, 0.05) is 18.4 Å². The summed E-state index contributed by atoms with van der Waals surface area (Å²) >= 11 is 0. The van der Waals surface area contributed by atoms with E-state index in [0.717, 1.165) is 0 Å². The maximum absolute atomic E-state index is 11.3. The second-order valence-electron chi connectivity index (χ2n) is 3.64. The van der Waals surface area contributed by atoms with Gasteiger partial charge in [0.1, 0.15) is 12.6 Å². The molecule has 0 aliphatic rings. The lowest BCUT2D eigenvalue weighted by Gasteiger charge is -2.26. The SMILES string of the molecule is COC(=O)CN(c1nccnc1C#N)C(C)C. The van der Waals surface area contributed by atoms with Crippen LogP contribution in [-0.2, 0) is 9.53 Å². The minimum absolute atomic E-state index is 0.0119. The smallest absolute Gasteiger partial charge is 0.325 e. The van der Waals surface area contributed by atoms with Crippen LogP contribution in [0, 0.1) is 11.3 Å². The largest absolute Gasteiger partial charge is 0.468 e. The van der Waals surface area contributed by atoms with Crippen molar-refractivity contribution in [2.75, 3.05) is 18.6 Å². The summed E-state index contributed by atoms with van der Waals surface area (Å²) in [6.07, 6.45) is 2.93. The minimum Gasteiger partial charge on any atom is -0.468 e. The van der Waals surface area contributed by atoms with E-state index in [1.807, 2.05) is 19.9 Å². The van der Waals surface area contributed by atoms with Gasteiger partial charge in [0.2, 0.25) is 0 Å². The van der Waals surface area contributed by atoms with Gasteiger partial charge in [0.25, 0.3) is 0 Å². The third-order valence-electron chi connectivity index (χ3n) is 2.21. The molecule has 0 N–H and O–H groups in total. The second kappa shape index (κ2) is 5.80. The number of rotatable bonds is 4. The van der Waals surface area contributed by atoms with Gasteiger partial charge >= 0.3 is 5.97 Å². The molecule has 0 saturated heterocycles. The second-order valence-corrected chi connectivity index (χ2v) is 3.64. The maximum Gasteiger partial charge on any atom is 0.325 e. The zero-order chi connectivity index (χ0) is 12.8. The Bertz CT molecular complexity index is 439. The molecule has 0 unspecified atom stereocenters. The molecule has 6 heteroatoms. The molecule has 0 fully saturated rings. The zero-order valence-corrected chi connectivity index (χ0v) is 10.0. The van der Waals surface area contributed by atoms with Crippen LogP contribution in [0.25, 0.3) is 0 Å². The first-order valence-corrected chi connectivity index (χ1v) is 5.14. The third kappa shape index (κ3) is 3.14. The number of carbonyl (C=O) groups is 1. The van der Waals surface area contributed by atoms with Crippen molar-refractivity contribution in [3.05, 3.63) is 18.1 Å². The summed E-state index contributed by atoms with van der Waals surface area (Å²) in [5.41, 5.74) is 0.199. The summed E-state index contributed by atoms with van der Waals surface area (Å²) in [6, 6.07) is 1.97. The number of aromatic nitrogens is 2. The van der Waals surface area contributed by atoms with Crippen molar-refractivity contribution in [2.45, 2.75) is 19.9 Å². The molecule has 17 heavy (non-hydrogen) atoms. The van der Waals surface area contributed by atoms with Gasteiger partial charge in [-0.2, -0.15) is 5.26 Å². The van der Waals surface area contributed by atoms with Gasteiger partial charge < -0.3 is 9.64 Å². The molecule has 0 aromatic carbocycles. The van der Waals surface area contributed by atoms with Crippen LogP contribution < -0.4 is 4.90 Å². The summed E-state index contributed by atoms with van der Waals surface area (Å²) in [5, 5.41) is 8.95. The predicted molar refractivity (Wildman–Crippen MR) is 61.2 cm³/mol. The predicted octanol–water partition coefficient (Wildman–Crippen LogP) is 0.736. The van der Waals surface area contributed by atoms with Gasteiger partial charge in [-0.15, -0.1) is 0 Å². The number of hydrogen-bond donors (Lipinski definition) is 0. The van der Waals surface area contributed by atoms with E-state index in [0.29, 0.717) is 5.82 Å². The third-order valence-corrected chi connectivity index (χ3v) is 2.21. The van der Waals surface area contributed by atoms with Gasteiger partial charge in [-0.25, -0.2) is 9.97 Å². The van der Waals surface area contributed by atoms with Crippen molar-refractivity contribution < 1.29 is 9.53 Å². The minimum atomic E-state index is -0.381.